The van der Waals surface area contributed by atoms with Gasteiger partial charge in [-0.25, -0.2) is 8.42 Å². The molecular formula is C20H30IN3O2S2. The van der Waals surface area contributed by atoms with E-state index in [2.05, 4.69) is 47.0 Å². The zero-order valence-corrected chi connectivity index (χ0v) is 20.6. The molecule has 0 amide bonds. The summed E-state index contributed by atoms with van der Waals surface area (Å²) in [6.07, 6.45) is 0.524. The maximum atomic E-state index is 12.3. The van der Waals surface area contributed by atoms with Crippen molar-refractivity contribution in [3.05, 3.63) is 52.7 Å². The minimum Gasteiger partial charge on any atom is -0.357 e. The molecule has 28 heavy (non-hydrogen) atoms. The minimum absolute atomic E-state index is 0. The fourth-order valence-corrected chi connectivity index (χ4v) is 4.75. The fourth-order valence-electron chi connectivity index (χ4n) is 2.57. The lowest BCUT2D eigenvalue weighted by Gasteiger charge is -2.21. The number of hydrogen-bond donors (Lipinski definition) is 2. The van der Waals surface area contributed by atoms with Crippen molar-refractivity contribution < 1.29 is 8.42 Å². The molecule has 0 spiro atoms. The maximum absolute atomic E-state index is 12.3. The van der Waals surface area contributed by atoms with Crippen LogP contribution >= 0.6 is 35.3 Å². The van der Waals surface area contributed by atoms with Gasteiger partial charge in [-0.1, -0.05) is 38.1 Å². The molecule has 0 atom stereocenters. The van der Waals surface area contributed by atoms with Crippen molar-refractivity contribution in [3.63, 3.8) is 0 Å². The van der Waals surface area contributed by atoms with Crippen molar-refractivity contribution in [1.82, 2.24) is 10.6 Å². The van der Waals surface area contributed by atoms with Gasteiger partial charge in [0.15, 0.2) is 15.8 Å². The quantitative estimate of drug-likeness (QED) is 0.220. The molecule has 1 aromatic heterocycles. The molecule has 2 rings (SSSR count). The van der Waals surface area contributed by atoms with Gasteiger partial charge < -0.3 is 10.6 Å². The molecule has 0 saturated carbocycles. The number of nitrogens with one attached hydrogen (secondary N) is 2. The first-order chi connectivity index (χ1) is 12.8. The van der Waals surface area contributed by atoms with Crippen molar-refractivity contribution in [3.8, 4) is 0 Å². The second-order valence-corrected chi connectivity index (χ2v) is 10.0. The standard InChI is InChI=1S/C20H29N3O2S2.HI/c1-4-21-19(23-16-20(2,3)18-12-8-14-26-18)22-13-9-15-27(24,25)17-10-6-5-7-11-17;/h5-8,10-12,14H,4,9,13,15-16H2,1-3H3,(H2,21,22,23);1H. The van der Waals surface area contributed by atoms with Gasteiger partial charge in [-0.3, -0.25) is 4.99 Å². The topological polar surface area (TPSA) is 70.6 Å². The van der Waals surface area contributed by atoms with Gasteiger partial charge in [-0.05, 0) is 36.9 Å². The molecule has 5 nitrogen and oxygen atoms in total. The Labute approximate surface area is 190 Å². The molecule has 156 valence electrons. The summed E-state index contributed by atoms with van der Waals surface area (Å²) >= 11 is 1.74. The molecule has 1 heterocycles. The van der Waals surface area contributed by atoms with Gasteiger partial charge in [0.1, 0.15) is 0 Å². The van der Waals surface area contributed by atoms with Crippen LogP contribution in [0.4, 0.5) is 0 Å². The van der Waals surface area contributed by atoms with Crippen LogP contribution in [-0.2, 0) is 15.3 Å². The molecule has 0 unspecified atom stereocenters. The highest BCUT2D eigenvalue weighted by Crippen LogP contribution is 2.27. The van der Waals surface area contributed by atoms with E-state index in [-0.39, 0.29) is 35.1 Å². The van der Waals surface area contributed by atoms with Crippen molar-refractivity contribution in [2.24, 2.45) is 4.99 Å². The lowest BCUT2D eigenvalue weighted by molar-refractivity contribution is 0.548. The van der Waals surface area contributed by atoms with Crippen LogP contribution in [0.15, 0.2) is 57.7 Å². The Balaban J connectivity index is 0.00000392. The van der Waals surface area contributed by atoms with Crippen LogP contribution in [0, 0.1) is 0 Å². The van der Waals surface area contributed by atoms with Crippen LogP contribution in [0.2, 0.25) is 0 Å². The van der Waals surface area contributed by atoms with Gasteiger partial charge in [-0.2, -0.15) is 0 Å². The second-order valence-electron chi connectivity index (χ2n) is 6.97. The third-order valence-corrected chi connectivity index (χ3v) is 7.20. The Bertz CT molecular complexity index is 820. The molecule has 0 radical (unpaired) electrons. The number of sulfone groups is 1. The lowest BCUT2D eigenvalue weighted by atomic mass is 9.92. The predicted molar refractivity (Wildman–Crippen MR) is 130 cm³/mol. The first-order valence-electron chi connectivity index (χ1n) is 9.19. The van der Waals surface area contributed by atoms with Crippen molar-refractivity contribution in [2.45, 2.75) is 37.5 Å². The summed E-state index contributed by atoms with van der Waals surface area (Å²) in [5, 5.41) is 8.54. The highest BCUT2D eigenvalue weighted by atomic mass is 127. The Morgan fingerprint density at radius 2 is 1.82 bits per heavy atom. The molecule has 0 fully saturated rings. The molecule has 2 aromatic rings. The van der Waals surface area contributed by atoms with E-state index in [9.17, 15) is 8.42 Å². The van der Waals surface area contributed by atoms with E-state index in [0.717, 1.165) is 12.5 Å². The summed E-state index contributed by atoms with van der Waals surface area (Å²) in [6, 6.07) is 12.8. The highest BCUT2D eigenvalue weighted by Gasteiger charge is 2.21. The van der Waals surface area contributed by atoms with Gasteiger partial charge >= 0.3 is 0 Å². The van der Waals surface area contributed by atoms with E-state index < -0.39 is 9.84 Å². The number of aliphatic imine (C=N–C) groups is 1. The monoisotopic (exact) mass is 535 g/mol. The van der Waals surface area contributed by atoms with E-state index in [0.29, 0.717) is 24.4 Å². The molecule has 0 bridgehead atoms. The fraction of sp³-hybridized carbons (Fsp3) is 0.450. The summed E-state index contributed by atoms with van der Waals surface area (Å²) < 4.78 is 24.6. The molecule has 0 saturated heterocycles. The molecule has 0 aliphatic carbocycles. The second kappa shape index (κ2) is 11.8. The van der Waals surface area contributed by atoms with Crippen molar-refractivity contribution >= 4 is 51.1 Å². The number of guanidine groups is 1. The zero-order chi connectivity index (χ0) is 19.8. The molecule has 8 heteroatoms. The van der Waals surface area contributed by atoms with Crippen LogP contribution in [-0.4, -0.2) is 39.8 Å². The van der Waals surface area contributed by atoms with E-state index in [1.807, 2.05) is 13.0 Å². The molecule has 0 aliphatic rings. The van der Waals surface area contributed by atoms with Crippen LogP contribution in [0.25, 0.3) is 0 Å². The Morgan fingerprint density at radius 3 is 2.43 bits per heavy atom. The molecule has 1 aromatic carbocycles. The van der Waals surface area contributed by atoms with Gasteiger partial charge in [-0.15, -0.1) is 35.3 Å². The smallest absolute Gasteiger partial charge is 0.191 e. The Morgan fingerprint density at radius 1 is 1.11 bits per heavy atom. The average Bonchev–Trinajstić information content (AvgIpc) is 3.20. The highest BCUT2D eigenvalue weighted by molar-refractivity contribution is 14.0. The van der Waals surface area contributed by atoms with Crippen LogP contribution in [0.5, 0.6) is 0 Å². The maximum Gasteiger partial charge on any atom is 0.191 e. The van der Waals surface area contributed by atoms with E-state index >= 15 is 0 Å². The number of rotatable bonds is 9. The summed E-state index contributed by atoms with van der Waals surface area (Å²) in [5.74, 6) is 0.837. The van der Waals surface area contributed by atoms with E-state index in [1.54, 1.807) is 35.6 Å². The summed E-state index contributed by atoms with van der Waals surface area (Å²) in [4.78, 5) is 6.36. The number of halogens is 1. The summed E-state index contributed by atoms with van der Waals surface area (Å²) in [5.41, 5.74) is -0.0346. The minimum atomic E-state index is -3.23. The van der Waals surface area contributed by atoms with Crippen molar-refractivity contribution in [2.75, 3.05) is 25.4 Å². The largest absolute Gasteiger partial charge is 0.357 e. The summed E-state index contributed by atoms with van der Waals surface area (Å²) in [6.45, 7) is 8.34. The Kier molecular flexibility index (Phi) is 10.5. The predicted octanol–water partition coefficient (Wildman–Crippen LogP) is 4.06. The normalized spacial score (nSPS) is 12.3. The average molecular weight is 536 g/mol. The summed E-state index contributed by atoms with van der Waals surface area (Å²) in [7, 11) is -3.23. The lowest BCUT2D eigenvalue weighted by Crippen LogP contribution is -2.39. The van der Waals surface area contributed by atoms with Crippen LogP contribution in [0.1, 0.15) is 32.1 Å². The number of hydrogen-bond acceptors (Lipinski definition) is 4. The number of benzene rings is 1. The molecule has 2 N–H and O–H groups in total. The van der Waals surface area contributed by atoms with Crippen molar-refractivity contribution in [1.29, 1.82) is 0 Å². The van der Waals surface area contributed by atoms with E-state index in [1.165, 1.54) is 4.88 Å². The SMILES string of the molecule is CCNC(=NCC(C)(C)c1cccs1)NCCCS(=O)(=O)c1ccccc1.I. The molecular weight excluding hydrogens is 505 g/mol. The third-order valence-electron chi connectivity index (χ3n) is 4.15. The zero-order valence-electron chi connectivity index (χ0n) is 16.6. The van der Waals surface area contributed by atoms with Crippen LogP contribution in [0.3, 0.4) is 0 Å². The van der Waals surface area contributed by atoms with Gasteiger partial charge in [0.25, 0.3) is 0 Å². The molecule has 0 aliphatic heterocycles. The van der Waals surface area contributed by atoms with Gasteiger partial charge in [0, 0.05) is 23.4 Å². The first kappa shape index (κ1) is 24.9. The third kappa shape index (κ3) is 7.71. The van der Waals surface area contributed by atoms with Gasteiger partial charge in [0.2, 0.25) is 0 Å². The van der Waals surface area contributed by atoms with Crippen LogP contribution < -0.4 is 10.6 Å². The number of nitrogens with zero attached hydrogens (tertiary/aromatic N) is 1. The Hall–Kier alpha value is -1.13. The number of thiophene rings is 1. The van der Waals surface area contributed by atoms with E-state index in [4.69, 9.17) is 0 Å². The van der Waals surface area contributed by atoms with Gasteiger partial charge in [0.05, 0.1) is 17.2 Å². The first-order valence-corrected chi connectivity index (χ1v) is 11.7.